The van der Waals surface area contributed by atoms with Gasteiger partial charge in [0.05, 0.1) is 15.6 Å². The maximum atomic E-state index is 13.8. The molecule has 1 aromatic heterocycles. The van der Waals surface area contributed by atoms with Crippen molar-refractivity contribution in [2.75, 3.05) is 33.4 Å². The van der Waals surface area contributed by atoms with Crippen LogP contribution in [0, 0.1) is 0 Å². The van der Waals surface area contributed by atoms with Crippen molar-refractivity contribution in [3.8, 4) is 0 Å². The molecule has 1 heterocycles. The zero-order valence-electron chi connectivity index (χ0n) is 22.9. The van der Waals surface area contributed by atoms with Gasteiger partial charge in [0.1, 0.15) is 6.54 Å². The number of methoxy groups -OCH3 is 1. The van der Waals surface area contributed by atoms with Crippen LogP contribution >= 0.6 is 23.2 Å². The second kappa shape index (κ2) is 14.1. The molecule has 0 unspecified atom stereocenters. The van der Waals surface area contributed by atoms with Gasteiger partial charge in [0.2, 0.25) is 5.91 Å². The fourth-order valence-corrected chi connectivity index (χ4v) is 4.93. The van der Waals surface area contributed by atoms with E-state index < -0.39 is 17.6 Å². The molecule has 4 rings (SSSR count). The highest BCUT2D eigenvalue weighted by atomic mass is 35.5. The van der Waals surface area contributed by atoms with E-state index in [1.54, 1.807) is 18.1 Å². The van der Waals surface area contributed by atoms with Crippen LogP contribution < -0.4 is 0 Å². The Morgan fingerprint density at radius 3 is 2.36 bits per heavy atom. The number of nitrogens with zero attached hydrogens (tertiary/aromatic N) is 2. The molecule has 2 amide bonds. The summed E-state index contributed by atoms with van der Waals surface area (Å²) in [5.74, 6) is -0.746. The lowest BCUT2D eigenvalue weighted by Gasteiger charge is -2.28. The van der Waals surface area contributed by atoms with Crippen molar-refractivity contribution in [1.82, 2.24) is 14.8 Å². The average molecular weight is 620 g/mol. The molecule has 0 saturated carbocycles. The van der Waals surface area contributed by atoms with Crippen LogP contribution in [-0.2, 0) is 28.7 Å². The Hall–Kier alpha value is -3.53. The van der Waals surface area contributed by atoms with Crippen molar-refractivity contribution >= 4 is 45.9 Å². The molecule has 0 radical (unpaired) electrons. The number of amides is 2. The number of para-hydroxylation sites is 1. The van der Waals surface area contributed by atoms with E-state index in [0.717, 1.165) is 28.6 Å². The van der Waals surface area contributed by atoms with E-state index in [2.05, 4.69) is 4.98 Å². The molecule has 42 heavy (non-hydrogen) atoms. The molecule has 0 aliphatic heterocycles. The number of alkyl halides is 3. The quantitative estimate of drug-likeness (QED) is 0.170. The predicted molar refractivity (Wildman–Crippen MR) is 158 cm³/mol. The fourth-order valence-electron chi connectivity index (χ4n) is 4.63. The van der Waals surface area contributed by atoms with Gasteiger partial charge >= 0.3 is 6.18 Å². The summed E-state index contributed by atoms with van der Waals surface area (Å²) in [7, 11) is 1.55. The first-order valence-corrected chi connectivity index (χ1v) is 14.0. The molecule has 0 spiro atoms. The van der Waals surface area contributed by atoms with Crippen molar-refractivity contribution in [2.24, 2.45) is 0 Å². The normalized spacial score (nSPS) is 11.6. The van der Waals surface area contributed by atoms with Gasteiger partial charge in [-0.25, -0.2) is 0 Å². The molecule has 222 valence electrons. The topological polar surface area (TPSA) is 65.6 Å². The lowest BCUT2D eigenvalue weighted by molar-refractivity contribution is -0.137. The van der Waals surface area contributed by atoms with E-state index in [1.807, 2.05) is 30.5 Å². The third-order valence-electron chi connectivity index (χ3n) is 6.89. The Labute approximate surface area is 252 Å². The minimum Gasteiger partial charge on any atom is -0.385 e. The number of aromatic nitrogens is 1. The van der Waals surface area contributed by atoms with E-state index in [0.29, 0.717) is 30.0 Å². The molecular weight excluding hydrogens is 590 g/mol. The van der Waals surface area contributed by atoms with Crippen molar-refractivity contribution in [1.29, 1.82) is 0 Å². The maximum absolute atomic E-state index is 13.8. The smallest absolute Gasteiger partial charge is 0.385 e. The molecule has 0 aliphatic carbocycles. The Morgan fingerprint density at radius 2 is 1.67 bits per heavy atom. The van der Waals surface area contributed by atoms with Crippen LogP contribution in [0.25, 0.3) is 10.9 Å². The third kappa shape index (κ3) is 8.06. The van der Waals surface area contributed by atoms with Crippen LogP contribution in [-0.4, -0.2) is 59.9 Å². The highest BCUT2D eigenvalue weighted by Gasteiger charge is 2.30. The highest BCUT2D eigenvalue weighted by molar-refractivity contribution is 6.42. The number of nitrogens with one attached hydrogen (secondary N) is 1. The largest absolute Gasteiger partial charge is 0.416 e. The summed E-state index contributed by atoms with van der Waals surface area (Å²) in [6.07, 6.45) is -1.58. The van der Waals surface area contributed by atoms with Gasteiger partial charge in [-0.15, -0.1) is 0 Å². The number of aromatic amines is 1. The van der Waals surface area contributed by atoms with Crippen LogP contribution in [0.2, 0.25) is 10.0 Å². The number of hydrogen-bond acceptors (Lipinski definition) is 3. The van der Waals surface area contributed by atoms with Gasteiger partial charge < -0.3 is 19.5 Å². The number of fused-ring (bicyclic) bond motifs is 1. The number of hydrogen-bond donors (Lipinski definition) is 1. The van der Waals surface area contributed by atoms with E-state index in [1.165, 1.54) is 29.2 Å². The molecule has 4 aromatic rings. The zero-order valence-corrected chi connectivity index (χ0v) is 24.4. The number of ether oxygens (including phenoxy) is 1. The fraction of sp³-hybridized carbons (Fsp3) is 0.290. The van der Waals surface area contributed by atoms with Crippen molar-refractivity contribution in [3.63, 3.8) is 0 Å². The molecule has 1 N–H and O–H groups in total. The molecule has 11 heteroatoms. The summed E-state index contributed by atoms with van der Waals surface area (Å²) in [6.45, 7) is 0.752. The molecule has 0 aliphatic rings. The van der Waals surface area contributed by atoms with E-state index in [-0.39, 0.29) is 42.7 Å². The number of carbonyl (C=O) groups excluding carboxylic acids is 2. The number of rotatable bonds is 12. The van der Waals surface area contributed by atoms with Crippen LogP contribution in [0.1, 0.15) is 33.5 Å². The Morgan fingerprint density at radius 1 is 0.929 bits per heavy atom. The number of H-pyrrole nitrogens is 1. The Kier molecular flexibility index (Phi) is 10.5. The zero-order chi connectivity index (χ0) is 30.3. The van der Waals surface area contributed by atoms with Crippen LogP contribution in [0.15, 0.2) is 72.9 Å². The SMILES string of the molecule is COCCCN(CC(=O)N(CCc1c[nH]c2ccccc12)Cc1ccc(C(F)(F)F)cc1)C(=O)c1ccc(Cl)c(Cl)c1. The lowest BCUT2D eigenvalue weighted by Crippen LogP contribution is -2.44. The first-order valence-electron chi connectivity index (χ1n) is 13.3. The Bertz CT molecular complexity index is 1520. The molecule has 0 atom stereocenters. The first-order chi connectivity index (χ1) is 20.1. The van der Waals surface area contributed by atoms with E-state index in [4.69, 9.17) is 27.9 Å². The number of halogens is 5. The summed E-state index contributed by atoms with van der Waals surface area (Å²) in [5, 5.41) is 1.54. The average Bonchev–Trinajstić information content (AvgIpc) is 3.38. The molecule has 0 bridgehead atoms. The molecule has 6 nitrogen and oxygen atoms in total. The maximum Gasteiger partial charge on any atom is 0.416 e. The molecule has 3 aromatic carbocycles. The van der Waals surface area contributed by atoms with Crippen LogP contribution in [0.4, 0.5) is 13.2 Å². The number of carbonyl (C=O) groups is 2. The van der Waals surface area contributed by atoms with E-state index >= 15 is 0 Å². The van der Waals surface area contributed by atoms with Crippen molar-refractivity contribution < 1.29 is 27.5 Å². The summed E-state index contributed by atoms with van der Waals surface area (Å²) < 4.78 is 44.5. The van der Waals surface area contributed by atoms with Gasteiger partial charge in [0.15, 0.2) is 0 Å². The van der Waals surface area contributed by atoms with Crippen molar-refractivity contribution in [3.05, 3.63) is 105 Å². The minimum atomic E-state index is -4.46. The lowest BCUT2D eigenvalue weighted by atomic mass is 10.1. The molecule has 0 saturated heterocycles. The van der Waals surface area contributed by atoms with Gasteiger partial charge in [-0.3, -0.25) is 9.59 Å². The first kappa shape index (κ1) is 31.4. The standard InChI is InChI=1S/C31H30Cl2F3N3O3/c1-42-16-4-14-39(30(41)22-9-12-26(32)27(33)17-22)20-29(40)38(19-21-7-10-24(11-8-21)31(34,35)36)15-13-23-18-37-28-6-3-2-5-25(23)28/h2-3,5-12,17-18,37H,4,13-16,19-20H2,1H3. The van der Waals surface area contributed by atoms with Gasteiger partial charge in [-0.05, 0) is 60.4 Å². The molecular formula is C31H30Cl2F3N3O3. The molecule has 0 fully saturated rings. The van der Waals surface area contributed by atoms with Crippen LogP contribution in [0.5, 0.6) is 0 Å². The highest BCUT2D eigenvalue weighted by Crippen LogP contribution is 2.29. The minimum absolute atomic E-state index is 0.0756. The van der Waals surface area contributed by atoms with E-state index in [9.17, 15) is 22.8 Å². The third-order valence-corrected chi connectivity index (χ3v) is 7.63. The second-order valence-corrected chi connectivity index (χ2v) is 10.6. The van der Waals surface area contributed by atoms with Gasteiger partial charge in [-0.2, -0.15) is 13.2 Å². The second-order valence-electron chi connectivity index (χ2n) is 9.82. The summed E-state index contributed by atoms with van der Waals surface area (Å²) in [6, 6.07) is 17.0. The summed E-state index contributed by atoms with van der Waals surface area (Å²) in [5.41, 5.74) is 2.02. The number of benzene rings is 3. The van der Waals surface area contributed by atoms with Crippen LogP contribution in [0.3, 0.4) is 0 Å². The van der Waals surface area contributed by atoms with Gasteiger partial charge in [0.25, 0.3) is 5.91 Å². The summed E-state index contributed by atoms with van der Waals surface area (Å²) >= 11 is 12.2. The monoisotopic (exact) mass is 619 g/mol. The van der Waals surface area contributed by atoms with Gasteiger partial charge in [0, 0.05) is 56.0 Å². The summed E-state index contributed by atoms with van der Waals surface area (Å²) in [4.78, 5) is 33.4. The predicted octanol–water partition coefficient (Wildman–Crippen LogP) is 7.24. The van der Waals surface area contributed by atoms with Crippen molar-refractivity contribution in [2.45, 2.75) is 25.6 Å². The Balaban J connectivity index is 1.57. The van der Waals surface area contributed by atoms with Gasteiger partial charge in [-0.1, -0.05) is 53.5 Å².